The van der Waals surface area contributed by atoms with Gasteiger partial charge >= 0.3 is 0 Å². The molecule has 0 atom stereocenters. The molecule has 0 saturated carbocycles. The average molecular weight is 189 g/mol. The molecule has 0 rings (SSSR count). The molecule has 0 aliphatic carbocycles. The van der Waals surface area contributed by atoms with Crippen LogP contribution < -0.4 is 5.32 Å². The second-order valence-corrected chi connectivity index (χ2v) is 3.13. The van der Waals surface area contributed by atoms with Crippen LogP contribution in [0.3, 0.4) is 0 Å². The molecule has 0 aromatic carbocycles. The highest BCUT2D eigenvalue weighted by molar-refractivity contribution is 5.78. The van der Waals surface area contributed by atoms with Crippen LogP contribution in [0, 0.1) is 0 Å². The maximum Gasteiger partial charge on any atom is 0.246 e. The van der Waals surface area contributed by atoms with Gasteiger partial charge in [-0.25, -0.2) is 0 Å². The zero-order valence-electron chi connectivity index (χ0n) is 8.59. The van der Waals surface area contributed by atoms with E-state index in [1.54, 1.807) is 0 Å². The summed E-state index contributed by atoms with van der Waals surface area (Å²) in [4.78, 5) is 11.2. The highest BCUT2D eigenvalue weighted by Crippen LogP contribution is 2.13. The molecule has 0 radical (unpaired) electrons. The summed E-state index contributed by atoms with van der Waals surface area (Å²) in [5.74, 6) is -0.180. The SMILES string of the molecule is CCC(CC)(CO)NC(=O)COC. The van der Waals surface area contributed by atoms with Crippen LogP contribution in [0.4, 0.5) is 0 Å². The van der Waals surface area contributed by atoms with Gasteiger partial charge in [0.25, 0.3) is 0 Å². The smallest absolute Gasteiger partial charge is 0.246 e. The molecule has 4 nitrogen and oxygen atoms in total. The van der Waals surface area contributed by atoms with E-state index in [0.29, 0.717) is 0 Å². The maximum absolute atomic E-state index is 11.2. The Morgan fingerprint density at radius 1 is 1.46 bits per heavy atom. The number of aliphatic hydroxyl groups excluding tert-OH is 1. The van der Waals surface area contributed by atoms with Crippen LogP contribution in [-0.4, -0.2) is 36.9 Å². The lowest BCUT2D eigenvalue weighted by molar-refractivity contribution is -0.127. The molecular weight excluding hydrogens is 170 g/mol. The summed E-state index contributed by atoms with van der Waals surface area (Å²) in [6.07, 6.45) is 1.44. The summed E-state index contributed by atoms with van der Waals surface area (Å²) in [5, 5.41) is 11.9. The van der Waals surface area contributed by atoms with Crippen LogP contribution >= 0.6 is 0 Å². The first-order chi connectivity index (χ1) is 6.14. The molecule has 4 heteroatoms. The molecule has 0 unspecified atom stereocenters. The number of nitrogens with one attached hydrogen (secondary N) is 1. The van der Waals surface area contributed by atoms with E-state index >= 15 is 0 Å². The predicted octanol–water partition coefficient (Wildman–Crippen LogP) is 0.300. The number of aliphatic hydroxyl groups is 1. The highest BCUT2D eigenvalue weighted by atomic mass is 16.5. The second-order valence-electron chi connectivity index (χ2n) is 3.13. The predicted molar refractivity (Wildman–Crippen MR) is 50.4 cm³/mol. The average Bonchev–Trinajstić information content (AvgIpc) is 2.15. The van der Waals surface area contributed by atoms with Gasteiger partial charge in [0.1, 0.15) is 6.61 Å². The van der Waals surface area contributed by atoms with Gasteiger partial charge in [-0.15, -0.1) is 0 Å². The van der Waals surface area contributed by atoms with Crippen LogP contribution in [-0.2, 0) is 9.53 Å². The van der Waals surface area contributed by atoms with Gasteiger partial charge < -0.3 is 15.2 Å². The lowest BCUT2D eigenvalue weighted by Crippen LogP contribution is -2.51. The molecule has 0 bridgehead atoms. The fraction of sp³-hybridized carbons (Fsp3) is 0.889. The van der Waals surface area contributed by atoms with Crippen LogP contribution in [0.2, 0.25) is 0 Å². The minimum Gasteiger partial charge on any atom is -0.394 e. The Hall–Kier alpha value is -0.610. The molecule has 2 N–H and O–H groups in total. The lowest BCUT2D eigenvalue weighted by Gasteiger charge is -2.30. The Labute approximate surface area is 79.3 Å². The van der Waals surface area contributed by atoms with E-state index < -0.39 is 5.54 Å². The normalized spacial score (nSPS) is 11.4. The van der Waals surface area contributed by atoms with Crippen LogP contribution in [0.15, 0.2) is 0 Å². The molecule has 78 valence electrons. The largest absolute Gasteiger partial charge is 0.394 e. The van der Waals surface area contributed by atoms with E-state index in [9.17, 15) is 4.79 Å². The van der Waals surface area contributed by atoms with Crippen molar-refractivity contribution in [3.8, 4) is 0 Å². The van der Waals surface area contributed by atoms with Crippen molar-refractivity contribution in [2.24, 2.45) is 0 Å². The summed E-state index contributed by atoms with van der Waals surface area (Å²) in [5.41, 5.74) is -0.477. The number of methoxy groups -OCH3 is 1. The molecular formula is C9H19NO3. The Bertz CT molecular complexity index is 147. The van der Waals surface area contributed by atoms with Crippen molar-refractivity contribution < 1.29 is 14.6 Å². The number of carbonyl (C=O) groups excluding carboxylic acids is 1. The van der Waals surface area contributed by atoms with Gasteiger partial charge in [-0.1, -0.05) is 13.8 Å². The topological polar surface area (TPSA) is 58.6 Å². The highest BCUT2D eigenvalue weighted by Gasteiger charge is 2.26. The van der Waals surface area contributed by atoms with Crippen LogP contribution in [0.25, 0.3) is 0 Å². The van der Waals surface area contributed by atoms with Gasteiger partial charge in [0.05, 0.1) is 12.1 Å². The molecule has 1 amide bonds. The van der Waals surface area contributed by atoms with Crippen molar-refractivity contribution >= 4 is 5.91 Å². The second kappa shape index (κ2) is 5.94. The van der Waals surface area contributed by atoms with Crippen LogP contribution in [0.1, 0.15) is 26.7 Å². The maximum atomic E-state index is 11.2. The minimum atomic E-state index is -0.477. The molecule has 0 aromatic rings. The van der Waals surface area contributed by atoms with Crippen molar-refractivity contribution in [3.63, 3.8) is 0 Å². The third kappa shape index (κ3) is 3.74. The lowest BCUT2D eigenvalue weighted by atomic mass is 9.94. The standard InChI is InChI=1S/C9H19NO3/c1-4-9(5-2,7-11)10-8(12)6-13-3/h11H,4-7H2,1-3H3,(H,10,12). The van der Waals surface area contributed by atoms with E-state index in [-0.39, 0.29) is 19.1 Å². The van der Waals surface area contributed by atoms with Crippen LogP contribution in [0.5, 0.6) is 0 Å². The number of hydrogen-bond acceptors (Lipinski definition) is 3. The van der Waals surface area contributed by atoms with Gasteiger partial charge in [-0.2, -0.15) is 0 Å². The Kier molecular flexibility index (Phi) is 5.66. The van der Waals surface area contributed by atoms with Gasteiger partial charge in [-0.05, 0) is 12.8 Å². The van der Waals surface area contributed by atoms with Gasteiger partial charge in [0.2, 0.25) is 5.91 Å². The number of rotatable bonds is 6. The molecule has 0 aliphatic rings. The molecule has 0 fully saturated rings. The fourth-order valence-electron chi connectivity index (χ4n) is 1.15. The van der Waals surface area contributed by atoms with Gasteiger partial charge in [0, 0.05) is 7.11 Å². The fourth-order valence-corrected chi connectivity index (χ4v) is 1.15. The first kappa shape index (κ1) is 12.4. The zero-order valence-corrected chi connectivity index (χ0v) is 8.59. The molecule has 0 aliphatic heterocycles. The number of carbonyl (C=O) groups is 1. The third-order valence-corrected chi connectivity index (χ3v) is 2.34. The summed E-state index contributed by atoms with van der Waals surface area (Å²) >= 11 is 0. The molecule has 0 aromatic heterocycles. The van der Waals surface area contributed by atoms with Crippen molar-refractivity contribution in [2.75, 3.05) is 20.3 Å². The van der Waals surface area contributed by atoms with E-state index in [4.69, 9.17) is 5.11 Å². The zero-order chi connectivity index (χ0) is 10.3. The van der Waals surface area contributed by atoms with Crippen molar-refractivity contribution in [2.45, 2.75) is 32.2 Å². The number of ether oxygens (including phenoxy) is 1. The Morgan fingerprint density at radius 3 is 2.31 bits per heavy atom. The molecule has 0 heterocycles. The number of hydrogen-bond donors (Lipinski definition) is 2. The first-order valence-electron chi connectivity index (χ1n) is 4.55. The monoisotopic (exact) mass is 189 g/mol. The van der Waals surface area contributed by atoms with Gasteiger partial charge in [-0.3, -0.25) is 4.79 Å². The molecule has 0 saturated heterocycles. The molecule has 0 spiro atoms. The van der Waals surface area contributed by atoms with E-state index in [0.717, 1.165) is 12.8 Å². The van der Waals surface area contributed by atoms with Gasteiger partial charge in [0.15, 0.2) is 0 Å². The minimum absolute atomic E-state index is 0.0323. The molecule has 13 heavy (non-hydrogen) atoms. The van der Waals surface area contributed by atoms with E-state index in [1.165, 1.54) is 7.11 Å². The third-order valence-electron chi connectivity index (χ3n) is 2.34. The Balaban J connectivity index is 4.16. The van der Waals surface area contributed by atoms with Crippen molar-refractivity contribution in [1.82, 2.24) is 5.32 Å². The van der Waals surface area contributed by atoms with Crippen molar-refractivity contribution in [1.29, 1.82) is 0 Å². The summed E-state index contributed by atoms with van der Waals surface area (Å²) in [6, 6.07) is 0. The van der Waals surface area contributed by atoms with E-state index in [1.807, 2.05) is 13.8 Å². The number of amides is 1. The summed E-state index contributed by atoms with van der Waals surface area (Å²) in [6.45, 7) is 3.89. The first-order valence-corrected chi connectivity index (χ1v) is 4.55. The summed E-state index contributed by atoms with van der Waals surface area (Å²) < 4.78 is 4.69. The van der Waals surface area contributed by atoms with Crippen molar-refractivity contribution in [3.05, 3.63) is 0 Å². The summed E-state index contributed by atoms with van der Waals surface area (Å²) in [7, 11) is 1.47. The Morgan fingerprint density at radius 2 is 2.00 bits per heavy atom. The quantitative estimate of drug-likeness (QED) is 0.632. The van der Waals surface area contributed by atoms with E-state index in [2.05, 4.69) is 10.1 Å².